The third kappa shape index (κ3) is 3.47. The summed E-state index contributed by atoms with van der Waals surface area (Å²) in [5.74, 6) is 0.236. The minimum Gasteiger partial charge on any atom is -0.504 e. The molecule has 2 aromatic carbocycles. The fourth-order valence-electron chi connectivity index (χ4n) is 2.49. The maximum Gasteiger partial charge on any atom is 0.307 e. The molecule has 0 fully saturated rings. The summed E-state index contributed by atoms with van der Waals surface area (Å²) in [5, 5.41) is 14.5. The first-order valence-corrected chi connectivity index (χ1v) is 7.87. The number of amides is 1. The van der Waals surface area contributed by atoms with Crippen molar-refractivity contribution in [2.24, 2.45) is 5.10 Å². The Morgan fingerprint density at radius 1 is 1.32 bits per heavy atom. The molecule has 1 amide bonds. The second kappa shape index (κ2) is 7.09. The van der Waals surface area contributed by atoms with Crippen LogP contribution in [0.5, 0.6) is 11.5 Å². The molecule has 0 unspecified atom stereocenters. The number of para-hydroxylation sites is 1. The summed E-state index contributed by atoms with van der Waals surface area (Å²) < 4.78 is 10.9. The van der Waals surface area contributed by atoms with E-state index in [1.807, 2.05) is 38.1 Å². The topological polar surface area (TPSA) is 84.1 Å². The molecule has 128 valence electrons. The fraction of sp³-hybridized carbons (Fsp3) is 0.158. The lowest BCUT2D eigenvalue weighted by Crippen LogP contribution is -2.17. The number of ether oxygens (including phenoxy) is 1. The van der Waals surface area contributed by atoms with Gasteiger partial charge in [-0.15, -0.1) is 0 Å². The molecule has 0 atom stereocenters. The van der Waals surface area contributed by atoms with Crippen LogP contribution >= 0.6 is 0 Å². The summed E-state index contributed by atoms with van der Waals surface area (Å²) in [5.41, 5.74) is 4.56. The van der Waals surface area contributed by atoms with E-state index >= 15 is 0 Å². The normalized spacial score (nSPS) is 11.1. The van der Waals surface area contributed by atoms with E-state index in [4.69, 9.17) is 9.15 Å². The molecule has 3 rings (SSSR count). The predicted molar refractivity (Wildman–Crippen MR) is 95.3 cm³/mol. The van der Waals surface area contributed by atoms with Crippen LogP contribution in [0.2, 0.25) is 0 Å². The van der Waals surface area contributed by atoms with Crippen LogP contribution in [0.1, 0.15) is 28.6 Å². The number of phenols is 1. The smallest absolute Gasteiger partial charge is 0.307 e. The Kier molecular flexibility index (Phi) is 4.70. The lowest BCUT2D eigenvalue weighted by molar-refractivity contribution is 0.0929. The Bertz CT molecular complexity index is 944. The second-order valence-corrected chi connectivity index (χ2v) is 5.41. The highest BCUT2D eigenvalue weighted by atomic mass is 16.5. The van der Waals surface area contributed by atoms with Gasteiger partial charge in [-0.05, 0) is 43.7 Å². The molecular formula is C19H18N2O4. The summed E-state index contributed by atoms with van der Waals surface area (Å²) in [6.07, 6.45) is 1.47. The Morgan fingerprint density at radius 2 is 2.12 bits per heavy atom. The number of phenolic OH excluding ortho intramolecular Hbond substituents is 1. The number of benzene rings is 2. The van der Waals surface area contributed by atoms with Gasteiger partial charge in [0.15, 0.2) is 17.3 Å². The van der Waals surface area contributed by atoms with Crippen LogP contribution in [0.15, 0.2) is 52.0 Å². The first-order chi connectivity index (χ1) is 12.1. The molecule has 0 aliphatic rings. The van der Waals surface area contributed by atoms with Crippen molar-refractivity contribution in [3.05, 3.63) is 59.4 Å². The summed E-state index contributed by atoms with van der Waals surface area (Å²) >= 11 is 0. The number of hydrogen-bond acceptors (Lipinski definition) is 5. The van der Waals surface area contributed by atoms with Crippen molar-refractivity contribution in [1.82, 2.24) is 5.43 Å². The molecule has 25 heavy (non-hydrogen) atoms. The molecule has 0 saturated heterocycles. The van der Waals surface area contributed by atoms with Gasteiger partial charge >= 0.3 is 5.91 Å². The minimum atomic E-state index is -0.422. The van der Waals surface area contributed by atoms with Gasteiger partial charge in [0.1, 0.15) is 5.58 Å². The molecular weight excluding hydrogens is 320 g/mol. The number of carbonyl (C=O) groups excluding carboxylic acids is 1. The number of hydrogen-bond donors (Lipinski definition) is 2. The quantitative estimate of drug-likeness (QED) is 0.550. The van der Waals surface area contributed by atoms with Gasteiger partial charge < -0.3 is 14.3 Å². The number of carbonyl (C=O) groups is 1. The molecule has 6 nitrogen and oxygen atoms in total. The number of furan rings is 1. The predicted octanol–water partition coefficient (Wildman–Crippen LogP) is 3.61. The maximum atomic E-state index is 12.3. The van der Waals surface area contributed by atoms with Gasteiger partial charge in [0.25, 0.3) is 0 Å². The van der Waals surface area contributed by atoms with Crippen molar-refractivity contribution in [2.45, 2.75) is 13.8 Å². The third-order valence-electron chi connectivity index (χ3n) is 3.71. The van der Waals surface area contributed by atoms with Crippen molar-refractivity contribution in [3.63, 3.8) is 0 Å². The molecule has 0 radical (unpaired) electrons. The van der Waals surface area contributed by atoms with E-state index in [1.54, 1.807) is 12.1 Å². The molecule has 3 aromatic rings. The summed E-state index contributed by atoms with van der Waals surface area (Å²) in [7, 11) is 0. The van der Waals surface area contributed by atoms with Crippen LogP contribution in [0.3, 0.4) is 0 Å². The largest absolute Gasteiger partial charge is 0.504 e. The van der Waals surface area contributed by atoms with E-state index in [2.05, 4.69) is 10.5 Å². The number of nitrogens with one attached hydrogen (secondary N) is 1. The highest BCUT2D eigenvalue weighted by molar-refractivity contribution is 5.99. The van der Waals surface area contributed by atoms with Gasteiger partial charge in [0.05, 0.1) is 12.8 Å². The van der Waals surface area contributed by atoms with Gasteiger partial charge in [-0.3, -0.25) is 4.79 Å². The number of nitrogens with zero attached hydrogens (tertiary/aromatic N) is 1. The lowest BCUT2D eigenvalue weighted by atomic mass is 10.1. The Hall–Kier alpha value is -3.28. The minimum absolute atomic E-state index is 0.0564. The van der Waals surface area contributed by atoms with Crippen LogP contribution < -0.4 is 10.2 Å². The highest BCUT2D eigenvalue weighted by Gasteiger charge is 2.16. The van der Waals surface area contributed by atoms with Crippen molar-refractivity contribution in [2.75, 3.05) is 6.61 Å². The van der Waals surface area contributed by atoms with Gasteiger partial charge in [-0.25, -0.2) is 5.43 Å². The molecule has 2 N–H and O–H groups in total. The first-order valence-electron chi connectivity index (χ1n) is 7.87. The molecule has 0 bridgehead atoms. The number of fused-ring (bicyclic) bond motifs is 1. The molecule has 0 aliphatic carbocycles. The highest BCUT2D eigenvalue weighted by Crippen LogP contribution is 2.26. The van der Waals surface area contributed by atoms with Crippen molar-refractivity contribution in [3.8, 4) is 11.5 Å². The second-order valence-electron chi connectivity index (χ2n) is 5.41. The van der Waals surface area contributed by atoms with E-state index in [0.29, 0.717) is 23.5 Å². The summed E-state index contributed by atoms with van der Waals surface area (Å²) in [6, 6.07) is 12.3. The van der Waals surface area contributed by atoms with Crippen LogP contribution in [0, 0.1) is 6.92 Å². The molecule has 6 heteroatoms. The average Bonchev–Trinajstić information content (AvgIpc) is 2.95. The summed E-state index contributed by atoms with van der Waals surface area (Å²) in [4.78, 5) is 12.3. The standard InChI is InChI=1S/C19H18N2O4/c1-3-24-17-10-13(8-9-15(17)22)11-20-21-19(23)18-12(2)14-6-4-5-7-16(14)25-18/h4-11,22H,3H2,1-2H3,(H,21,23)/b20-11+. The number of aromatic hydroxyl groups is 1. The summed E-state index contributed by atoms with van der Waals surface area (Å²) in [6.45, 7) is 4.10. The fourth-order valence-corrected chi connectivity index (χ4v) is 2.49. The molecule has 1 heterocycles. The van der Waals surface area contributed by atoms with E-state index in [1.165, 1.54) is 12.3 Å². The van der Waals surface area contributed by atoms with Crippen molar-refractivity contribution in [1.29, 1.82) is 0 Å². The Morgan fingerprint density at radius 3 is 2.88 bits per heavy atom. The molecule has 0 aliphatic heterocycles. The lowest BCUT2D eigenvalue weighted by Gasteiger charge is -2.05. The maximum absolute atomic E-state index is 12.3. The van der Waals surface area contributed by atoms with Crippen LogP contribution in [0.4, 0.5) is 0 Å². The monoisotopic (exact) mass is 338 g/mol. The van der Waals surface area contributed by atoms with Gasteiger partial charge in [-0.2, -0.15) is 5.10 Å². The van der Waals surface area contributed by atoms with Gasteiger partial charge in [0, 0.05) is 10.9 Å². The Balaban J connectivity index is 1.74. The zero-order valence-corrected chi connectivity index (χ0v) is 13.9. The van der Waals surface area contributed by atoms with E-state index in [-0.39, 0.29) is 11.5 Å². The van der Waals surface area contributed by atoms with Gasteiger partial charge in [0.2, 0.25) is 0 Å². The SMILES string of the molecule is CCOc1cc(/C=N/NC(=O)c2oc3ccccc3c2C)ccc1O. The number of hydrazone groups is 1. The molecule has 0 saturated carbocycles. The third-order valence-corrected chi connectivity index (χ3v) is 3.71. The number of aryl methyl sites for hydroxylation is 1. The van der Waals surface area contributed by atoms with Crippen LogP contribution in [-0.2, 0) is 0 Å². The van der Waals surface area contributed by atoms with E-state index in [9.17, 15) is 9.90 Å². The van der Waals surface area contributed by atoms with E-state index < -0.39 is 5.91 Å². The average molecular weight is 338 g/mol. The van der Waals surface area contributed by atoms with Crippen molar-refractivity contribution >= 4 is 23.1 Å². The number of rotatable bonds is 5. The Labute approximate surface area is 144 Å². The van der Waals surface area contributed by atoms with Crippen LogP contribution in [-0.4, -0.2) is 23.8 Å². The molecule has 0 spiro atoms. The van der Waals surface area contributed by atoms with Crippen LogP contribution in [0.25, 0.3) is 11.0 Å². The molecule has 1 aromatic heterocycles. The van der Waals surface area contributed by atoms with Gasteiger partial charge in [-0.1, -0.05) is 18.2 Å². The van der Waals surface area contributed by atoms with Crippen molar-refractivity contribution < 1.29 is 19.1 Å². The zero-order valence-electron chi connectivity index (χ0n) is 13.9. The zero-order chi connectivity index (χ0) is 17.8. The van der Waals surface area contributed by atoms with E-state index in [0.717, 1.165) is 10.9 Å². The first kappa shape index (κ1) is 16.6.